The molecule has 0 radical (unpaired) electrons. The second kappa shape index (κ2) is 7.14. The van der Waals surface area contributed by atoms with E-state index in [1.54, 1.807) is 32.6 Å². The van der Waals surface area contributed by atoms with E-state index >= 15 is 0 Å². The first-order valence-electron chi connectivity index (χ1n) is 9.11. The summed E-state index contributed by atoms with van der Waals surface area (Å²) in [6.07, 6.45) is 5.53. The van der Waals surface area contributed by atoms with Crippen LogP contribution in [-0.4, -0.2) is 50.1 Å². The molecule has 0 saturated carbocycles. The zero-order valence-corrected chi connectivity index (χ0v) is 16.6. The predicted molar refractivity (Wildman–Crippen MR) is 108 cm³/mol. The van der Waals surface area contributed by atoms with Gasteiger partial charge in [0.15, 0.2) is 6.10 Å². The van der Waals surface area contributed by atoms with Gasteiger partial charge in [0.1, 0.15) is 11.4 Å². The number of nitrogens with zero attached hydrogens (tertiary/aromatic N) is 4. The third-order valence-electron chi connectivity index (χ3n) is 4.92. The molecule has 4 heterocycles. The Labute approximate surface area is 167 Å². The molecule has 148 valence electrons. The van der Waals surface area contributed by atoms with Crippen LogP contribution >= 0.6 is 0 Å². The van der Waals surface area contributed by atoms with Crippen LogP contribution in [0.25, 0.3) is 33.3 Å². The second-order valence-electron chi connectivity index (χ2n) is 7.16. The van der Waals surface area contributed by atoms with E-state index < -0.39 is 12.0 Å². The number of rotatable bonds is 4. The van der Waals surface area contributed by atoms with Crippen LogP contribution in [0.15, 0.2) is 41.4 Å². The van der Waals surface area contributed by atoms with Crippen molar-refractivity contribution in [1.29, 1.82) is 0 Å². The predicted octanol–water partition coefficient (Wildman–Crippen LogP) is 3.02. The molecule has 0 aliphatic heterocycles. The minimum absolute atomic E-state index is 0.399. The molecule has 1 unspecified atom stereocenters. The van der Waals surface area contributed by atoms with Gasteiger partial charge in [-0.1, -0.05) is 5.16 Å². The molecule has 0 saturated heterocycles. The van der Waals surface area contributed by atoms with Gasteiger partial charge in [-0.2, -0.15) is 0 Å². The maximum Gasteiger partial charge on any atom is 0.255 e. The average molecular weight is 391 g/mol. The summed E-state index contributed by atoms with van der Waals surface area (Å²) in [5.41, 5.74) is 5.46. The standard InChI is InChI=1S/C21H21N5O3/c1-11-18(12(2)29-25-11)17-10-24-20-16(17)6-14(9-23-20)13-5-15(8-22-7-13)19(27)21(28)26(3)4/h5-10,19,27H,1-4H3,(H,23,24). The fraction of sp³-hybridized carbons (Fsp3) is 0.238. The van der Waals surface area contributed by atoms with Crippen LogP contribution in [0.1, 0.15) is 23.1 Å². The summed E-state index contributed by atoms with van der Waals surface area (Å²) in [4.78, 5) is 25.3. The molecule has 4 rings (SSSR count). The van der Waals surface area contributed by atoms with Crippen LogP contribution in [0.2, 0.25) is 0 Å². The van der Waals surface area contributed by atoms with Gasteiger partial charge in [0.2, 0.25) is 0 Å². The van der Waals surface area contributed by atoms with Gasteiger partial charge < -0.3 is 19.5 Å². The van der Waals surface area contributed by atoms with Gasteiger partial charge in [-0.25, -0.2) is 4.98 Å². The molecule has 0 bridgehead atoms. The summed E-state index contributed by atoms with van der Waals surface area (Å²) in [6, 6.07) is 3.76. The molecular formula is C21H21N5O3. The van der Waals surface area contributed by atoms with E-state index in [0.29, 0.717) is 5.56 Å². The Morgan fingerprint density at radius 2 is 1.93 bits per heavy atom. The zero-order valence-electron chi connectivity index (χ0n) is 16.6. The largest absolute Gasteiger partial charge is 0.378 e. The van der Waals surface area contributed by atoms with E-state index in [4.69, 9.17) is 4.52 Å². The Morgan fingerprint density at radius 1 is 1.17 bits per heavy atom. The van der Waals surface area contributed by atoms with Gasteiger partial charge in [0.25, 0.3) is 5.91 Å². The first kappa shape index (κ1) is 18.8. The molecule has 1 atom stereocenters. The topological polar surface area (TPSA) is 108 Å². The summed E-state index contributed by atoms with van der Waals surface area (Å²) in [5, 5.41) is 15.3. The summed E-state index contributed by atoms with van der Waals surface area (Å²) in [5.74, 6) is 0.339. The van der Waals surface area contributed by atoms with E-state index in [1.165, 1.54) is 11.1 Å². The second-order valence-corrected chi connectivity index (χ2v) is 7.16. The molecule has 0 aromatic carbocycles. The van der Waals surface area contributed by atoms with Gasteiger partial charge in [-0.15, -0.1) is 0 Å². The minimum Gasteiger partial charge on any atom is -0.378 e. The third kappa shape index (κ3) is 3.27. The van der Waals surface area contributed by atoms with Crippen molar-refractivity contribution in [2.24, 2.45) is 0 Å². The quantitative estimate of drug-likeness (QED) is 0.554. The number of aryl methyl sites for hydroxylation is 2. The molecule has 4 aromatic rings. The Morgan fingerprint density at radius 3 is 2.62 bits per heavy atom. The van der Waals surface area contributed by atoms with Crippen molar-refractivity contribution in [3.63, 3.8) is 0 Å². The van der Waals surface area contributed by atoms with Gasteiger partial charge in [-0.3, -0.25) is 9.78 Å². The van der Waals surface area contributed by atoms with E-state index in [0.717, 1.165) is 44.7 Å². The number of aliphatic hydroxyl groups excluding tert-OH is 1. The van der Waals surface area contributed by atoms with Gasteiger partial charge in [-0.05, 0) is 26.0 Å². The number of carbonyl (C=O) groups is 1. The lowest BCUT2D eigenvalue weighted by Crippen LogP contribution is -2.28. The molecule has 0 aliphatic carbocycles. The Kier molecular flexibility index (Phi) is 4.63. The van der Waals surface area contributed by atoms with Gasteiger partial charge >= 0.3 is 0 Å². The average Bonchev–Trinajstić information content (AvgIpc) is 3.28. The summed E-state index contributed by atoms with van der Waals surface area (Å²) in [6.45, 7) is 3.78. The number of amides is 1. The molecule has 29 heavy (non-hydrogen) atoms. The lowest BCUT2D eigenvalue weighted by molar-refractivity contribution is -0.137. The van der Waals surface area contributed by atoms with Crippen molar-refractivity contribution in [2.75, 3.05) is 14.1 Å². The Hall–Kier alpha value is -3.52. The van der Waals surface area contributed by atoms with E-state index in [1.807, 2.05) is 26.1 Å². The maximum atomic E-state index is 12.1. The number of carbonyl (C=O) groups excluding carboxylic acids is 1. The molecule has 8 heteroatoms. The number of nitrogens with one attached hydrogen (secondary N) is 1. The summed E-state index contributed by atoms with van der Waals surface area (Å²) < 4.78 is 5.31. The minimum atomic E-state index is -1.26. The van der Waals surface area contributed by atoms with Gasteiger partial charge in [0, 0.05) is 72.1 Å². The Bertz CT molecular complexity index is 1190. The lowest BCUT2D eigenvalue weighted by atomic mass is 10.0. The van der Waals surface area contributed by atoms with Crippen LogP contribution in [0.5, 0.6) is 0 Å². The van der Waals surface area contributed by atoms with Crippen molar-refractivity contribution >= 4 is 16.9 Å². The van der Waals surface area contributed by atoms with Crippen LogP contribution in [0.4, 0.5) is 0 Å². The molecular weight excluding hydrogens is 370 g/mol. The summed E-state index contributed by atoms with van der Waals surface area (Å²) >= 11 is 0. The number of hydrogen-bond acceptors (Lipinski definition) is 6. The number of H-pyrrole nitrogens is 1. The normalized spacial score (nSPS) is 12.3. The molecule has 4 aromatic heterocycles. The lowest BCUT2D eigenvalue weighted by Gasteiger charge is -2.16. The molecule has 0 aliphatic rings. The van der Waals surface area contributed by atoms with Crippen LogP contribution in [0, 0.1) is 13.8 Å². The number of likely N-dealkylation sites (N-methyl/N-ethyl adjacent to an activating group) is 1. The molecule has 0 spiro atoms. The zero-order chi connectivity index (χ0) is 20.7. The van der Waals surface area contributed by atoms with E-state index in [9.17, 15) is 9.90 Å². The third-order valence-corrected chi connectivity index (χ3v) is 4.92. The van der Waals surface area contributed by atoms with Crippen LogP contribution in [0.3, 0.4) is 0 Å². The van der Waals surface area contributed by atoms with E-state index in [2.05, 4.69) is 20.1 Å². The number of aromatic amines is 1. The van der Waals surface area contributed by atoms with Crippen molar-refractivity contribution in [3.05, 3.63) is 53.9 Å². The highest BCUT2D eigenvalue weighted by Gasteiger charge is 2.21. The van der Waals surface area contributed by atoms with Crippen molar-refractivity contribution in [2.45, 2.75) is 20.0 Å². The highest BCUT2D eigenvalue weighted by molar-refractivity contribution is 5.96. The number of pyridine rings is 2. The molecule has 8 nitrogen and oxygen atoms in total. The van der Waals surface area contributed by atoms with Crippen molar-refractivity contribution < 1.29 is 14.4 Å². The number of fused-ring (bicyclic) bond motifs is 1. The first-order valence-corrected chi connectivity index (χ1v) is 9.11. The Balaban J connectivity index is 1.79. The smallest absolute Gasteiger partial charge is 0.255 e. The fourth-order valence-electron chi connectivity index (χ4n) is 3.39. The van der Waals surface area contributed by atoms with Gasteiger partial charge in [0.05, 0.1) is 5.69 Å². The highest BCUT2D eigenvalue weighted by atomic mass is 16.5. The highest BCUT2D eigenvalue weighted by Crippen LogP contribution is 2.34. The number of aliphatic hydroxyl groups is 1. The summed E-state index contributed by atoms with van der Waals surface area (Å²) in [7, 11) is 3.20. The van der Waals surface area contributed by atoms with Crippen molar-refractivity contribution in [3.8, 4) is 22.3 Å². The SMILES string of the molecule is Cc1noc(C)c1-c1c[nH]c2ncc(-c3cncc(C(O)C(=O)N(C)C)c3)cc12. The van der Waals surface area contributed by atoms with Crippen LogP contribution in [-0.2, 0) is 4.79 Å². The molecule has 2 N–H and O–H groups in total. The first-order chi connectivity index (χ1) is 13.9. The number of hydrogen-bond donors (Lipinski definition) is 2. The monoisotopic (exact) mass is 391 g/mol. The molecule has 0 fully saturated rings. The van der Waals surface area contributed by atoms with E-state index in [-0.39, 0.29) is 0 Å². The number of aromatic nitrogens is 4. The maximum absolute atomic E-state index is 12.1. The fourth-order valence-corrected chi connectivity index (χ4v) is 3.39. The van der Waals surface area contributed by atoms with Crippen molar-refractivity contribution in [1.82, 2.24) is 25.0 Å². The van der Waals surface area contributed by atoms with Crippen LogP contribution < -0.4 is 0 Å². The molecule has 1 amide bonds.